The third kappa shape index (κ3) is 3.55. The second-order valence-corrected chi connectivity index (χ2v) is 11.1. The van der Waals surface area contributed by atoms with E-state index >= 15 is 0 Å². The van der Waals surface area contributed by atoms with Crippen LogP contribution >= 0.6 is 11.8 Å². The van der Waals surface area contributed by atoms with Crippen molar-refractivity contribution < 1.29 is 9.53 Å². The summed E-state index contributed by atoms with van der Waals surface area (Å²) in [7, 11) is 0. The Bertz CT molecular complexity index is 648. The van der Waals surface area contributed by atoms with Crippen LogP contribution in [0.4, 0.5) is 0 Å². The van der Waals surface area contributed by atoms with Crippen LogP contribution in [0.5, 0.6) is 0 Å². The third-order valence-corrected chi connectivity index (χ3v) is 9.07. The van der Waals surface area contributed by atoms with Crippen molar-refractivity contribution in [1.29, 1.82) is 0 Å². The second-order valence-electron chi connectivity index (χ2n) is 9.59. The predicted octanol–water partition coefficient (Wildman–Crippen LogP) is 4.66. The molecule has 0 radical (unpaired) electrons. The molecule has 0 aromatic heterocycles. The van der Waals surface area contributed by atoms with Crippen molar-refractivity contribution in [3.8, 4) is 0 Å². The minimum Gasteiger partial charge on any atom is -0.381 e. The molecule has 1 amide bonds. The molecular formula is C23H31NO2S. The van der Waals surface area contributed by atoms with Crippen LogP contribution in [0.15, 0.2) is 35.2 Å². The van der Waals surface area contributed by atoms with E-state index in [1.165, 1.54) is 24.2 Å². The molecule has 146 valence electrons. The fraction of sp³-hybridized carbons (Fsp3) is 0.696. The van der Waals surface area contributed by atoms with Crippen molar-refractivity contribution in [2.24, 2.45) is 23.2 Å². The molecule has 6 rings (SSSR count). The Kier molecular flexibility index (Phi) is 4.76. The number of amides is 1. The fourth-order valence-corrected chi connectivity index (χ4v) is 7.92. The van der Waals surface area contributed by atoms with Crippen LogP contribution in [-0.4, -0.2) is 30.4 Å². The maximum Gasteiger partial charge on any atom is 0.226 e. The molecule has 4 heteroatoms. The maximum atomic E-state index is 13.4. The summed E-state index contributed by atoms with van der Waals surface area (Å²) in [5.74, 6) is 2.81. The number of benzene rings is 1. The fourth-order valence-electron chi connectivity index (χ4n) is 6.61. The molecule has 5 fully saturated rings. The van der Waals surface area contributed by atoms with Crippen molar-refractivity contribution in [2.45, 2.75) is 61.0 Å². The molecule has 0 unspecified atom stereocenters. The summed E-state index contributed by atoms with van der Waals surface area (Å²) >= 11 is 1.94. The number of nitrogens with one attached hydrogen (secondary N) is 1. The number of hydrogen-bond acceptors (Lipinski definition) is 3. The summed E-state index contributed by atoms with van der Waals surface area (Å²) in [5.41, 5.74) is -0.0431. The number of ether oxygens (including phenoxy) is 1. The van der Waals surface area contributed by atoms with Crippen LogP contribution < -0.4 is 5.32 Å². The third-order valence-electron chi connectivity index (χ3n) is 7.57. The van der Waals surface area contributed by atoms with E-state index in [0.717, 1.165) is 69.6 Å². The molecule has 4 saturated carbocycles. The van der Waals surface area contributed by atoms with E-state index in [-0.39, 0.29) is 10.2 Å². The molecule has 3 nitrogen and oxygen atoms in total. The van der Waals surface area contributed by atoms with Gasteiger partial charge in [0.1, 0.15) is 0 Å². The van der Waals surface area contributed by atoms with Gasteiger partial charge in [-0.3, -0.25) is 4.79 Å². The van der Waals surface area contributed by atoms with E-state index in [4.69, 9.17) is 4.74 Å². The molecule has 1 aromatic carbocycles. The molecule has 27 heavy (non-hydrogen) atoms. The summed E-state index contributed by atoms with van der Waals surface area (Å²) in [5, 5.41) is 3.46. The van der Waals surface area contributed by atoms with Gasteiger partial charge in [0.05, 0.1) is 0 Å². The zero-order valence-electron chi connectivity index (χ0n) is 16.1. The Morgan fingerprint density at radius 3 is 2.19 bits per heavy atom. The molecular weight excluding hydrogens is 354 g/mol. The van der Waals surface area contributed by atoms with Crippen molar-refractivity contribution in [2.75, 3.05) is 19.8 Å². The lowest BCUT2D eigenvalue weighted by atomic mass is 9.49. The molecule has 1 N–H and O–H groups in total. The van der Waals surface area contributed by atoms with E-state index in [0.29, 0.717) is 5.91 Å². The number of carbonyl (C=O) groups is 1. The van der Waals surface area contributed by atoms with Gasteiger partial charge in [0.25, 0.3) is 0 Å². The van der Waals surface area contributed by atoms with Crippen LogP contribution in [-0.2, 0) is 9.53 Å². The molecule has 4 bridgehead atoms. The standard InChI is InChI=1S/C23H31NO2S/c25-21(22-13-17-10-18(14-22)12-19(11-17)15-22)24-16-23(6-8-26-9-7-23)27-20-4-2-1-3-5-20/h1-5,17-19H,6-16H2,(H,24,25). The highest BCUT2D eigenvalue weighted by Gasteiger charge is 2.54. The first kappa shape index (κ1) is 18.1. The van der Waals surface area contributed by atoms with Gasteiger partial charge >= 0.3 is 0 Å². The quantitative estimate of drug-likeness (QED) is 0.801. The largest absolute Gasteiger partial charge is 0.381 e. The summed E-state index contributed by atoms with van der Waals surface area (Å²) in [4.78, 5) is 14.7. The predicted molar refractivity (Wildman–Crippen MR) is 109 cm³/mol. The van der Waals surface area contributed by atoms with Gasteiger partial charge in [-0.2, -0.15) is 0 Å². The minimum absolute atomic E-state index is 0.0431. The lowest BCUT2D eigenvalue weighted by Crippen LogP contribution is -2.55. The monoisotopic (exact) mass is 385 g/mol. The summed E-state index contributed by atoms with van der Waals surface area (Å²) < 4.78 is 5.71. The van der Waals surface area contributed by atoms with E-state index in [1.807, 2.05) is 11.8 Å². The lowest BCUT2D eigenvalue weighted by molar-refractivity contribution is -0.146. The average Bonchev–Trinajstić information content (AvgIpc) is 2.67. The normalized spacial score (nSPS) is 36.5. The molecule has 0 spiro atoms. The topological polar surface area (TPSA) is 38.3 Å². The van der Waals surface area contributed by atoms with Crippen LogP contribution in [0.1, 0.15) is 51.4 Å². The summed E-state index contributed by atoms with van der Waals surface area (Å²) in [6.45, 7) is 2.37. The highest BCUT2D eigenvalue weighted by molar-refractivity contribution is 8.00. The Hall–Kier alpha value is -1.00. The van der Waals surface area contributed by atoms with Crippen LogP contribution in [0.2, 0.25) is 0 Å². The highest BCUT2D eigenvalue weighted by Crippen LogP contribution is 2.60. The number of rotatable bonds is 5. The van der Waals surface area contributed by atoms with Gasteiger partial charge in [-0.25, -0.2) is 0 Å². The molecule has 1 aliphatic heterocycles. The number of hydrogen-bond donors (Lipinski definition) is 1. The van der Waals surface area contributed by atoms with Crippen LogP contribution in [0.25, 0.3) is 0 Å². The van der Waals surface area contributed by atoms with Crippen molar-refractivity contribution in [1.82, 2.24) is 5.32 Å². The van der Waals surface area contributed by atoms with Gasteiger partial charge in [0.15, 0.2) is 0 Å². The van der Waals surface area contributed by atoms with E-state index < -0.39 is 0 Å². The first-order valence-corrected chi connectivity index (χ1v) is 11.6. The SMILES string of the molecule is O=C(NCC1(Sc2ccccc2)CCOCC1)C12CC3CC(CC(C3)C1)C2. The zero-order chi connectivity index (χ0) is 18.3. The summed E-state index contributed by atoms with van der Waals surface area (Å²) in [6.07, 6.45) is 9.61. The van der Waals surface area contributed by atoms with Gasteiger partial charge in [0, 0.05) is 34.8 Å². The Balaban J connectivity index is 1.28. The zero-order valence-corrected chi connectivity index (χ0v) is 16.9. The van der Waals surface area contributed by atoms with Crippen LogP contribution in [0, 0.1) is 23.2 Å². The minimum atomic E-state index is -0.0431. The first-order valence-electron chi connectivity index (χ1n) is 10.7. The van der Waals surface area contributed by atoms with E-state index in [2.05, 4.69) is 35.6 Å². The van der Waals surface area contributed by atoms with Gasteiger partial charge in [0.2, 0.25) is 5.91 Å². The molecule has 1 saturated heterocycles. The van der Waals surface area contributed by atoms with Gasteiger partial charge in [-0.1, -0.05) is 18.2 Å². The Labute approximate surface area is 167 Å². The van der Waals surface area contributed by atoms with Crippen LogP contribution in [0.3, 0.4) is 0 Å². The number of thioether (sulfide) groups is 1. The van der Waals surface area contributed by atoms with E-state index in [9.17, 15) is 4.79 Å². The van der Waals surface area contributed by atoms with Crippen molar-refractivity contribution in [3.05, 3.63) is 30.3 Å². The van der Waals surface area contributed by atoms with E-state index in [1.54, 1.807) is 0 Å². The Morgan fingerprint density at radius 1 is 1.00 bits per heavy atom. The average molecular weight is 386 g/mol. The molecule has 1 aromatic rings. The van der Waals surface area contributed by atoms with Crippen molar-refractivity contribution in [3.63, 3.8) is 0 Å². The van der Waals surface area contributed by atoms with Gasteiger partial charge < -0.3 is 10.1 Å². The summed E-state index contributed by atoms with van der Waals surface area (Å²) in [6, 6.07) is 10.6. The molecule has 5 aliphatic rings. The lowest BCUT2D eigenvalue weighted by Gasteiger charge is -2.55. The first-order chi connectivity index (χ1) is 13.1. The van der Waals surface area contributed by atoms with Gasteiger partial charge in [-0.15, -0.1) is 11.8 Å². The smallest absolute Gasteiger partial charge is 0.226 e. The van der Waals surface area contributed by atoms with Gasteiger partial charge in [-0.05, 0) is 81.3 Å². The molecule has 0 atom stereocenters. The molecule has 1 heterocycles. The second kappa shape index (κ2) is 7.11. The molecule has 4 aliphatic carbocycles. The maximum absolute atomic E-state index is 13.4. The Morgan fingerprint density at radius 2 is 1.59 bits per heavy atom. The number of carbonyl (C=O) groups excluding carboxylic acids is 1. The van der Waals surface area contributed by atoms with Crippen molar-refractivity contribution >= 4 is 17.7 Å². The highest BCUT2D eigenvalue weighted by atomic mass is 32.2.